The second-order valence-electron chi connectivity index (χ2n) is 2.98. The lowest BCUT2D eigenvalue weighted by molar-refractivity contribution is 0.470. The van der Waals surface area contributed by atoms with Crippen molar-refractivity contribution in [2.75, 3.05) is 19.6 Å². The van der Waals surface area contributed by atoms with Crippen molar-refractivity contribution in [3.63, 3.8) is 0 Å². The highest BCUT2D eigenvalue weighted by atomic mass is 15.0. The molecule has 0 aliphatic carbocycles. The minimum Gasteiger partial charge on any atom is -0.314 e. The van der Waals surface area contributed by atoms with Crippen molar-refractivity contribution in [2.24, 2.45) is 0 Å². The molecule has 0 bridgehead atoms. The van der Waals surface area contributed by atoms with E-state index in [1.54, 1.807) is 0 Å². The van der Waals surface area contributed by atoms with Gasteiger partial charge in [0.1, 0.15) is 0 Å². The van der Waals surface area contributed by atoms with Crippen LogP contribution in [0.4, 0.5) is 0 Å². The quantitative estimate of drug-likeness (QED) is 0.590. The average molecular weight is 154 g/mol. The summed E-state index contributed by atoms with van der Waals surface area (Å²) in [6.07, 6.45) is 7.00. The number of hydrogen-bond donors (Lipinski definition) is 2. The van der Waals surface area contributed by atoms with Gasteiger partial charge in [-0.25, -0.2) is 0 Å². The van der Waals surface area contributed by atoms with Crippen LogP contribution in [-0.2, 0) is 0 Å². The standard InChI is InChI=1S/C9H18N2/c1-2-3-4-5-9-8-10-6-7-11-9/h4-5,9-11H,2-3,6-8H2,1H3. The first-order valence-corrected chi connectivity index (χ1v) is 4.54. The van der Waals surface area contributed by atoms with Crippen LogP contribution in [0.25, 0.3) is 0 Å². The molecule has 1 saturated heterocycles. The van der Waals surface area contributed by atoms with Gasteiger partial charge in [-0.1, -0.05) is 25.5 Å². The lowest BCUT2D eigenvalue weighted by Crippen LogP contribution is -2.47. The molecular formula is C9H18N2. The summed E-state index contributed by atoms with van der Waals surface area (Å²) < 4.78 is 0. The van der Waals surface area contributed by atoms with Gasteiger partial charge in [0.25, 0.3) is 0 Å². The number of unbranched alkanes of at least 4 members (excludes halogenated alkanes) is 1. The van der Waals surface area contributed by atoms with E-state index in [2.05, 4.69) is 29.7 Å². The Bertz CT molecular complexity index is 115. The Labute approximate surface area is 69.1 Å². The molecule has 0 amide bonds. The van der Waals surface area contributed by atoms with Crippen molar-refractivity contribution >= 4 is 0 Å². The molecule has 2 N–H and O–H groups in total. The van der Waals surface area contributed by atoms with Crippen LogP contribution in [0.3, 0.4) is 0 Å². The molecule has 1 rings (SSSR count). The zero-order valence-electron chi connectivity index (χ0n) is 7.27. The van der Waals surface area contributed by atoms with Crippen LogP contribution >= 0.6 is 0 Å². The van der Waals surface area contributed by atoms with Gasteiger partial charge in [0.15, 0.2) is 0 Å². The van der Waals surface area contributed by atoms with Gasteiger partial charge in [-0.3, -0.25) is 0 Å². The smallest absolute Gasteiger partial charge is 0.0376 e. The lowest BCUT2D eigenvalue weighted by Gasteiger charge is -2.21. The number of rotatable bonds is 3. The Morgan fingerprint density at radius 3 is 3.00 bits per heavy atom. The predicted octanol–water partition coefficient (Wildman–Crippen LogP) is 0.904. The van der Waals surface area contributed by atoms with Crippen molar-refractivity contribution in [2.45, 2.75) is 25.8 Å². The van der Waals surface area contributed by atoms with Crippen LogP contribution in [0, 0.1) is 0 Å². The van der Waals surface area contributed by atoms with E-state index >= 15 is 0 Å². The van der Waals surface area contributed by atoms with E-state index in [0.717, 1.165) is 19.6 Å². The first kappa shape index (κ1) is 8.75. The Morgan fingerprint density at radius 1 is 1.45 bits per heavy atom. The van der Waals surface area contributed by atoms with Gasteiger partial charge in [-0.15, -0.1) is 0 Å². The Balaban J connectivity index is 2.13. The Morgan fingerprint density at radius 2 is 2.36 bits per heavy atom. The molecule has 0 aromatic rings. The van der Waals surface area contributed by atoms with Gasteiger partial charge in [0.05, 0.1) is 0 Å². The summed E-state index contributed by atoms with van der Waals surface area (Å²) in [6, 6.07) is 0.565. The molecule has 1 unspecified atom stereocenters. The monoisotopic (exact) mass is 154 g/mol. The predicted molar refractivity (Wildman–Crippen MR) is 48.7 cm³/mol. The first-order valence-electron chi connectivity index (χ1n) is 4.54. The highest BCUT2D eigenvalue weighted by Crippen LogP contribution is 1.93. The second-order valence-corrected chi connectivity index (χ2v) is 2.98. The third kappa shape index (κ3) is 3.54. The number of hydrogen-bond acceptors (Lipinski definition) is 2. The summed E-state index contributed by atoms with van der Waals surface area (Å²) >= 11 is 0. The van der Waals surface area contributed by atoms with Crippen LogP contribution in [0.15, 0.2) is 12.2 Å². The van der Waals surface area contributed by atoms with E-state index in [0.29, 0.717) is 6.04 Å². The van der Waals surface area contributed by atoms with Crippen LogP contribution in [-0.4, -0.2) is 25.7 Å². The van der Waals surface area contributed by atoms with Gasteiger partial charge >= 0.3 is 0 Å². The molecule has 2 heteroatoms. The third-order valence-electron chi connectivity index (χ3n) is 1.90. The van der Waals surface area contributed by atoms with Gasteiger partial charge in [0, 0.05) is 25.7 Å². The molecule has 1 heterocycles. The Kier molecular flexibility index (Phi) is 4.24. The fourth-order valence-electron chi connectivity index (χ4n) is 1.24. The van der Waals surface area contributed by atoms with Crippen LogP contribution in [0.1, 0.15) is 19.8 Å². The van der Waals surface area contributed by atoms with Crippen molar-refractivity contribution in [1.82, 2.24) is 10.6 Å². The van der Waals surface area contributed by atoms with Crippen molar-refractivity contribution in [3.8, 4) is 0 Å². The van der Waals surface area contributed by atoms with Crippen molar-refractivity contribution in [1.29, 1.82) is 0 Å². The molecule has 2 nitrogen and oxygen atoms in total. The van der Waals surface area contributed by atoms with Gasteiger partial charge in [0.2, 0.25) is 0 Å². The molecule has 0 spiro atoms. The zero-order chi connectivity index (χ0) is 7.94. The first-order chi connectivity index (χ1) is 5.43. The average Bonchev–Trinajstić information content (AvgIpc) is 2.07. The molecule has 1 aliphatic heterocycles. The SMILES string of the molecule is CCCC=CC1CNCCN1. The van der Waals surface area contributed by atoms with E-state index < -0.39 is 0 Å². The molecule has 0 aromatic carbocycles. The van der Waals surface area contributed by atoms with Gasteiger partial charge in [-0.05, 0) is 6.42 Å². The zero-order valence-corrected chi connectivity index (χ0v) is 7.27. The highest BCUT2D eigenvalue weighted by Gasteiger charge is 2.06. The maximum atomic E-state index is 3.43. The van der Waals surface area contributed by atoms with E-state index in [9.17, 15) is 0 Å². The maximum Gasteiger partial charge on any atom is 0.0376 e. The van der Waals surface area contributed by atoms with Gasteiger partial charge < -0.3 is 10.6 Å². The molecule has 1 atom stereocenters. The third-order valence-corrected chi connectivity index (χ3v) is 1.90. The maximum absolute atomic E-state index is 3.43. The number of allylic oxidation sites excluding steroid dienone is 1. The van der Waals surface area contributed by atoms with E-state index in [1.165, 1.54) is 12.8 Å². The summed E-state index contributed by atoms with van der Waals surface area (Å²) in [6.45, 7) is 5.50. The fraction of sp³-hybridized carbons (Fsp3) is 0.778. The van der Waals surface area contributed by atoms with Crippen molar-refractivity contribution < 1.29 is 0 Å². The molecule has 11 heavy (non-hydrogen) atoms. The van der Waals surface area contributed by atoms with Gasteiger partial charge in [-0.2, -0.15) is 0 Å². The molecule has 64 valence electrons. The Hall–Kier alpha value is -0.340. The second kappa shape index (κ2) is 5.33. The van der Waals surface area contributed by atoms with E-state index in [4.69, 9.17) is 0 Å². The number of nitrogens with one attached hydrogen (secondary N) is 2. The lowest BCUT2D eigenvalue weighted by atomic mass is 10.2. The molecule has 1 fully saturated rings. The fourth-order valence-corrected chi connectivity index (χ4v) is 1.24. The molecular weight excluding hydrogens is 136 g/mol. The largest absolute Gasteiger partial charge is 0.314 e. The van der Waals surface area contributed by atoms with E-state index in [1.807, 2.05) is 0 Å². The molecule has 0 saturated carbocycles. The van der Waals surface area contributed by atoms with E-state index in [-0.39, 0.29) is 0 Å². The normalized spacial score (nSPS) is 26.1. The summed E-state index contributed by atoms with van der Waals surface area (Å²) in [5, 5.41) is 6.78. The summed E-state index contributed by atoms with van der Waals surface area (Å²) in [7, 11) is 0. The highest BCUT2D eigenvalue weighted by molar-refractivity contribution is 4.95. The van der Waals surface area contributed by atoms with Crippen molar-refractivity contribution in [3.05, 3.63) is 12.2 Å². The molecule has 1 aliphatic rings. The van der Waals surface area contributed by atoms with Crippen LogP contribution in [0.5, 0.6) is 0 Å². The minimum atomic E-state index is 0.565. The molecule has 0 radical (unpaired) electrons. The number of piperazine rings is 1. The summed E-state index contributed by atoms with van der Waals surface area (Å²) in [5.41, 5.74) is 0. The summed E-state index contributed by atoms with van der Waals surface area (Å²) in [4.78, 5) is 0. The van der Waals surface area contributed by atoms with Crippen LogP contribution in [0.2, 0.25) is 0 Å². The summed E-state index contributed by atoms with van der Waals surface area (Å²) in [5.74, 6) is 0. The minimum absolute atomic E-state index is 0.565. The topological polar surface area (TPSA) is 24.1 Å². The molecule has 0 aromatic heterocycles. The van der Waals surface area contributed by atoms with Crippen LogP contribution < -0.4 is 10.6 Å².